The van der Waals surface area contributed by atoms with Gasteiger partial charge in [-0.05, 0) is 6.42 Å². The zero-order valence-corrected chi connectivity index (χ0v) is 10.5. The van der Waals surface area contributed by atoms with E-state index in [2.05, 4.69) is 5.32 Å². The smallest absolute Gasteiger partial charge is 0.239 e. The van der Waals surface area contributed by atoms with E-state index >= 15 is 0 Å². The lowest BCUT2D eigenvalue weighted by Crippen LogP contribution is -2.42. The van der Waals surface area contributed by atoms with Gasteiger partial charge in [0.15, 0.2) is 0 Å². The maximum absolute atomic E-state index is 11.8. The molecule has 1 rings (SSSR count). The first-order valence-electron chi connectivity index (χ1n) is 5.35. The lowest BCUT2D eigenvalue weighted by atomic mass is 10.2. The van der Waals surface area contributed by atoms with Crippen molar-refractivity contribution in [2.24, 2.45) is 0 Å². The summed E-state index contributed by atoms with van der Waals surface area (Å²) in [5.74, 6) is 0.745. The van der Waals surface area contributed by atoms with Crippen LogP contribution in [0.1, 0.15) is 20.3 Å². The number of carbonyl (C=O) groups excluding carboxylic acids is 1. The molecule has 1 aliphatic rings. The van der Waals surface area contributed by atoms with Crippen molar-refractivity contribution < 1.29 is 9.00 Å². The fourth-order valence-electron chi connectivity index (χ4n) is 1.76. The van der Waals surface area contributed by atoms with E-state index < -0.39 is 10.8 Å². The van der Waals surface area contributed by atoms with Crippen molar-refractivity contribution in [2.45, 2.75) is 32.4 Å². The number of carbonyl (C=O) groups is 1. The molecule has 5 heteroatoms. The molecule has 1 amide bonds. The summed E-state index contributed by atoms with van der Waals surface area (Å²) in [5.41, 5.74) is 0. The maximum Gasteiger partial charge on any atom is 0.239 e. The molecule has 2 atom stereocenters. The summed E-state index contributed by atoms with van der Waals surface area (Å²) in [6, 6.07) is 0.300. The Hall–Kier alpha value is -0.420. The van der Waals surface area contributed by atoms with Gasteiger partial charge in [0.2, 0.25) is 5.91 Å². The molecule has 1 heterocycles. The molecular formula is C10H20N2O2S. The Morgan fingerprint density at radius 3 is 2.80 bits per heavy atom. The number of amides is 1. The molecule has 1 aliphatic heterocycles. The average Bonchev–Trinajstić information content (AvgIpc) is 2.44. The third-order valence-corrected chi connectivity index (χ3v) is 3.24. The summed E-state index contributed by atoms with van der Waals surface area (Å²) in [4.78, 5) is 13.6. The Bertz CT molecular complexity index is 256. The highest BCUT2D eigenvalue weighted by atomic mass is 32.2. The molecule has 4 nitrogen and oxygen atoms in total. The zero-order chi connectivity index (χ0) is 11.4. The Balaban J connectivity index is 2.38. The predicted octanol–water partition coefficient (Wildman–Crippen LogP) is -0.0362. The first kappa shape index (κ1) is 12.6. The standard InChI is InChI=1S/C10H20N2O2S/c1-8(2)11-9-4-5-12(10(9)13)6-7-15(3)14/h8-9,11H,4-7H2,1-3H3. The molecule has 0 radical (unpaired) electrons. The van der Waals surface area contributed by atoms with E-state index in [1.54, 1.807) is 11.2 Å². The second kappa shape index (κ2) is 5.61. The van der Waals surface area contributed by atoms with E-state index in [0.717, 1.165) is 13.0 Å². The van der Waals surface area contributed by atoms with Gasteiger partial charge in [0.1, 0.15) is 0 Å². The fraction of sp³-hybridized carbons (Fsp3) is 0.900. The molecule has 1 fully saturated rings. The molecule has 0 aromatic heterocycles. The third kappa shape index (κ3) is 3.91. The van der Waals surface area contributed by atoms with Crippen molar-refractivity contribution in [1.29, 1.82) is 0 Å². The lowest BCUT2D eigenvalue weighted by Gasteiger charge is -2.17. The Kier molecular flexibility index (Phi) is 4.73. The van der Waals surface area contributed by atoms with Gasteiger partial charge < -0.3 is 10.2 Å². The molecular weight excluding hydrogens is 212 g/mol. The van der Waals surface area contributed by atoms with Crippen LogP contribution in [0.4, 0.5) is 0 Å². The number of hydrogen-bond acceptors (Lipinski definition) is 3. The summed E-state index contributed by atoms with van der Waals surface area (Å²) in [6.45, 7) is 5.49. The Morgan fingerprint density at radius 1 is 1.60 bits per heavy atom. The van der Waals surface area contributed by atoms with Gasteiger partial charge in [-0.2, -0.15) is 0 Å². The van der Waals surface area contributed by atoms with E-state index in [0.29, 0.717) is 18.3 Å². The molecule has 0 spiro atoms. The quantitative estimate of drug-likeness (QED) is 0.724. The molecule has 1 saturated heterocycles. The summed E-state index contributed by atoms with van der Waals surface area (Å²) < 4.78 is 10.9. The van der Waals surface area contributed by atoms with Crippen molar-refractivity contribution in [3.63, 3.8) is 0 Å². The third-order valence-electron chi connectivity index (χ3n) is 2.48. The number of hydrogen-bond donors (Lipinski definition) is 1. The molecule has 2 unspecified atom stereocenters. The van der Waals surface area contributed by atoms with E-state index in [1.807, 2.05) is 13.8 Å². The van der Waals surface area contributed by atoms with Crippen LogP contribution in [0, 0.1) is 0 Å². The first-order chi connectivity index (χ1) is 7.00. The topological polar surface area (TPSA) is 49.4 Å². The number of likely N-dealkylation sites (tertiary alicyclic amines) is 1. The van der Waals surface area contributed by atoms with E-state index in [-0.39, 0.29) is 11.9 Å². The van der Waals surface area contributed by atoms with Crippen LogP contribution in [0.5, 0.6) is 0 Å². The van der Waals surface area contributed by atoms with Gasteiger partial charge in [-0.1, -0.05) is 13.8 Å². The van der Waals surface area contributed by atoms with E-state index in [4.69, 9.17) is 0 Å². The second-order valence-corrected chi connectivity index (χ2v) is 5.82. The molecule has 0 aromatic carbocycles. The van der Waals surface area contributed by atoms with Gasteiger partial charge >= 0.3 is 0 Å². The van der Waals surface area contributed by atoms with Gasteiger partial charge in [-0.3, -0.25) is 9.00 Å². The van der Waals surface area contributed by atoms with Crippen molar-refractivity contribution in [3.8, 4) is 0 Å². The largest absolute Gasteiger partial charge is 0.340 e. The fourth-order valence-corrected chi connectivity index (χ4v) is 2.23. The highest BCUT2D eigenvalue weighted by Crippen LogP contribution is 2.11. The van der Waals surface area contributed by atoms with Crippen molar-refractivity contribution >= 4 is 16.7 Å². The molecule has 88 valence electrons. The van der Waals surface area contributed by atoms with Crippen LogP contribution in [-0.2, 0) is 15.6 Å². The summed E-state index contributed by atoms with van der Waals surface area (Å²) in [6.07, 6.45) is 2.54. The van der Waals surface area contributed by atoms with Gasteiger partial charge in [0, 0.05) is 41.9 Å². The van der Waals surface area contributed by atoms with Crippen LogP contribution in [0.3, 0.4) is 0 Å². The maximum atomic E-state index is 11.8. The normalized spacial score (nSPS) is 23.9. The lowest BCUT2D eigenvalue weighted by molar-refractivity contribution is -0.129. The molecule has 0 aliphatic carbocycles. The van der Waals surface area contributed by atoms with Gasteiger partial charge in [0.25, 0.3) is 0 Å². The van der Waals surface area contributed by atoms with E-state index in [9.17, 15) is 9.00 Å². The van der Waals surface area contributed by atoms with Crippen LogP contribution in [0.15, 0.2) is 0 Å². The van der Waals surface area contributed by atoms with Crippen molar-refractivity contribution in [2.75, 3.05) is 25.1 Å². The summed E-state index contributed by atoms with van der Waals surface area (Å²) >= 11 is 0. The molecule has 0 aromatic rings. The van der Waals surface area contributed by atoms with Crippen molar-refractivity contribution in [1.82, 2.24) is 10.2 Å². The minimum atomic E-state index is -0.813. The highest BCUT2D eigenvalue weighted by Gasteiger charge is 2.31. The second-order valence-electron chi connectivity index (χ2n) is 4.27. The van der Waals surface area contributed by atoms with Crippen LogP contribution in [0.2, 0.25) is 0 Å². The molecule has 1 N–H and O–H groups in total. The van der Waals surface area contributed by atoms with E-state index in [1.165, 1.54) is 0 Å². The SMILES string of the molecule is CC(C)NC1CCN(CCS(C)=O)C1=O. The van der Waals surface area contributed by atoms with Crippen molar-refractivity contribution in [3.05, 3.63) is 0 Å². The van der Waals surface area contributed by atoms with Crippen LogP contribution in [-0.4, -0.2) is 52.2 Å². The highest BCUT2D eigenvalue weighted by molar-refractivity contribution is 7.84. The summed E-state index contributed by atoms with van der Waals surface area (Å²) in [7, 11) is -0.813. The minimum absolute atomic E-state index is 0.0321. The minimum Gasteiger partial charge on any atom is -0.340 e. The average molecular weight is 232 g/mol. The zero-order valence-electron chi connectivity index (χ0n) is 9.66. The van der Waals surface area contributed by atoms with Gasteiger partial charge in [-0.25, -0.2) is 0 Å². The van der Waals surface area contributed by atoms with Crippen LogP contribution >= 0.6 is 0 Å². The molecule has 0 bridgehead atoms. The molecule has 0 saturated carbocycles. The Labute approximate surface area is 93.9 Å². The number of nitrogens with zero attached hydrogens (tertiary/aromatic N) is 1. The monoisotopic (exact) mass is 232 g/mol. The molecule has 15 heavy (non-hydrogen) atoms. The summed E-state index contributed by atoms with van der Waals surface area (Å²) in [5, 5.41) is 3.24. The Morgan fingerprint density at radius 2 is 2.27 bits per heavy atom. The first-order valence-corrected chi connectivity index (χ1v) is 7.08. The van der Waals surface area contributed by atoms with Crippen LogP contribution < -0.4 is 5.32 Å². The van der Waals surface area contributed by atoms with Gasteiger partial charge in [-0.15, -0.1) is 0 Å². The van der Waals surface area contributed by atoms with Crippen LogP contribution in [0.25, 0.3) is 0 Å². The van der Waals surface area contributed by atoms with Gasteiger partial charge in [0.05, 0.1) is 6.04 Å². The number of nitrogens with one attached hydrogen (secondary N) is 1. The number of rotatable bonds is 5. The predicted molar refractivity (Wildman–Crippen MR) is 62.2 cm³/mol.